The summed E-state index contributed by atoms with van der Waals surface area (Å²) < 4.78 is 6.04. The first-order chi connectivity index (χ1) is 9.69. The first kappa shape index (κ1) is 18.7. The number of halogens is 1. The van der Waals surface area contributed by atoms with E-state index >= 15 is 0 Å². The molecule has 21 heavy (non-hydrogen) atoms. The van der Waals surface area contributed by atoms with Crippen molar-refractivity contribution >= 4 is 18.3 Å². The van der Waals surface area contributed by atoms with Crippen LogP contribution in [0.1, 0.15) is 65.2 Å². The summed E-state index contributed by atoms with van der Waals surface area (Å²) in [6.45, 7) is 5.21. The van der Waals surface area contributed by atoms with E-state index in [-0.39, 0.29) is 24.4 Å². The van der Waals surface area contributed by atoms with Crippen LogP contribution in [0.3, 0.4) is 0 Å². The third-order valence-electron chi connectivity index (χ3n) is 4.54. The van der Waals surface area contributed by atoms with Crippen molar-refractivity contribution in [3.63, 3.8) is 0 Å². The molecule has 3 unspecified atom stereocenters. The van der Waals surface area contributed by atoms with Gasteiger partial charge in [-0.25, -0.2) is 0 Å². The maximum atomic E-state index is 12.4. The molecule has 1 aliphatic carbocycles. The molecule has 1 amide bonds. The van der Waals surface area contributed by atoms with E-state index in [0.29, 0.717) is 18.2 Å². The fourth-order valence-electron chi connectivity index (χ4n) is 3.33. The molecule has 2 aliphatic rings. The summed E-state index contributed by atoms with van der Waals surface area (Å²) in [6, 6.07) is 0.802. The third-order valence-corrected chi connectivity index (χ3v) is 4.54. The number of hydrogen-bond donors (Lipinski definition) is 2. The Kier molecular flexibility index (Phi) is 8.60. The fourth-order valence-corrected chi connectivity index (χ4v) is 3.33. The van der Waals surface area contributed by atoms with Gasteiger partial charge in [-0.2, -0.15) is 0 Å². The van der Waals surface area contributed by atoms with Gasteiger partial charge < -0.3 is 15.4 Å². The summed E-state index contributed by atoms with van der Waals surface area (Å²) in [5.41, 5.74) is 0. The number of ether oxygens (including phenoxy) is 1. The highest BCUT2D eigenvalue weighted by molar-refractivity contribution is 5.85. The van der Waals surface area contributed by atoms with Crippen molar-refractivity contribution in [1.82, 2.24) is 10.6 Å². The van der Waals surface area contributed by atoms with Crippen LogP contribution in [0.5, 0.6) is 0 Å². The van der Waals surface area contributed by atoms with E-state index in [0.717, 1.165) is 38.6 Å². The Labute approximate surface area is 135 Å². The number of rotatable bonds is 5. The van der Waals surface area contributed by atoms with Crippen molar-refractivity contribution < 1.29 is 9.53 Å². The number of nitrogens with one attached hydrogen (secondary N) is 2. The van der Waals surface area contributed by atoms with Gasteiger partial charge in [0.05, 0.1) is 6.10 Å². The molecule has 2 rings (SSSR count). The molecule has 0 spiro atoms. The highest BCUT2D eigenvalue weighted by atomic mass is 35.5. The molecule has 5 heteroatoms. The molecule has 2 N–H and O–H groups in total. The maximum Gasteiger partial charge on any atom is 0.249 e. The average Bonchev–Trinajstić information content (AvgIpc) is 2.45. The van der Waals surface area contributed by atoms with Crippen molar-refractivity contribution in [3.05, 3.63) is 0 Å². The van der Waals surface area contributed by atoms with Gasteiger partial charge in [0.15, 0.2) is 0 Å². The number of hydrogen-bond acceptors (Lipinski definition) is 3. The highest BCUT2D eigenvalue weighted by Gasteiger charge is 2.26. The molecule has 3 atom stereocenters. The first-order valence-corrected chi connectivity index (χ1v) is 8.38. The van der Waals surface area contributed by atoms with E-state index in [1.54, 1.807) is 0 Å². The van der Waals surface area contributed by atoms with Gasteiger partial charge in [0.1, 0.15) is 6.10 Å². The van der Waals surface area contributed by atoms with Crippen molar-refractivity contribution in [3.8, 4) is 0 Å². The van der Waals surface area contributed by atoms with Crippen LogP contribution in [0.25, 0.3) is 0 Å². The molecular weight excluding hydrogens is 288 g/mol. The summed E-state index contributed by atoms with van der Waals surface area (Å²) in [6.07, 6.45) is 8.89. The Morgan fingerprint density at radius 1 is 1.29 bits per heavy atom. The van der Waals surface area contributed by atoms with Gasteiger partial charge in [-0.15, -0.1) is 12.4 Å². The molecule has 1 saturated heterocycles. The molecule has 124 valence electrons. The van der Waals surface area contributed by atoms with Crippen molar-refractivity contribution in [2.75, 3.05) is 6.54 Å². The van der Waals surface area contributed by atoms with Crippen LogP contribution in [0, 0.1) is 0 Å². The molecule has 0 aromatic carbocycles. The minimum absolute atomic E-state index is 0. The Bertz CT molecular complexity index is 309. The molecule has 1 aliphatic heterocycles. The normalized spacial score (nSPS) is 28.5. The van der Waals surface area contributed by atoms with Crippen LogP contribution in [0.15, 0.2) is 0 Å². The SMILES string of the molecule is CCC(OC1CCCCC1)C(=O)NC1CCNC(C)C1.Cl. The summed E-state index contributed by atoms with van der Waals surface area (Å²) >= 11 is 0. The van der Waals surface area contributed by atoms with Gasteiger partial charge in [-0.1, -0.05) is 26.2 Å². The maximum absolute atomic E-state index is 12.4. The van der Waals surface area contributed by atoms with Gasteiger partial charge in [0.2, 0.25) is 5.91 Å². The van der Waals surface area contributed by atoms with E-state index in [1.807, 2.05) is 6.92 Å². The van der Waals surface area contributed by atoms with Crippen LogP contribution in [-0.4, -0.2) is 36.7 Å². The van der Waals surface area contributed by atoms with Crippen molar-refractivity contribution in [2.45, 2.75) is 89.5 Å². The number of amides is 1. The Morgan fingerprint density at radius 2 is 2.00 bits per heavy atom. The van der Waals surface area contributed by atoms with Crippen molar-refractivity contribution in [2.24, 2.45) is 0 Å². The first-order valence-electron chi connectivity index (χ1n) is 8.38. The zero-order valence-corrected chi connectivity index (χ0v) is 14.2. The molecule has 0 aromatic rings. The molecule has 2 fully saturated rings. The highest BCUT2D eigenvalue weighted by Crippen LogP contribution is 2.22. The molecular formula is C16H31ClN2O2. The van der Waals surface area contributed by atoms with E-state index < -0.39 is 0 Å². The number of piperidine rings is 1. The Balaban J connectivity index is 0.00000220. The Hall–Kier alpha value is -0.320. The second-order valence-electron chi connectivity index (χ2n) is 6.38. The Morgan fingerprint density at radius 3 is 2.62 bits per heavy atom. The molecule has 0 bridgehead atoms. The van der Waals surface area contributed by atoms with Gasteiger partial charge in [-0.05, 0) is 45.6 Å². The fraction of sp³-hybridized carbons (Fsp3) is 0.938. The zero-order chi connectivity index (χ0) is 14.4. The van der Waals surface area contributed by atoms with Crippen LogP contribution < -0.4 is 10.6 Å². The summed E-state index contributed by atoms with van der Waals surface area (Å²) in [5, 5.41) is 6.60. The lowest BCUT2D eigenvalue weighted by Gasteiger charge is -2.31. The van der Waals surface area contributed by atoms with Gasteiger partial charge in [-0.3, -0.25) is 4.79 Å². The van der Waals surface area contributed by atoms with Crippen LogP contribution in [0.4, 0.5) is 0 Å². The van der Waals surface area contributed by atoms with Crippen molar-refractivity contribution in [1.29, 1.82) is 0 Å². The smallest absolute Gasteiger partial charge is 0.249 e. The quantitative estimate of drug-likeness (QED) is 0.819. The average molecular weight is 319 g/mol. The van der Waals surface area contributed by atoms with Crippen LogP contribution >= 0.6 is 12.4 Å². The lowest BCUT2D eigenvalue weighted by atomic mass is 9.97. The minimum Gasteiger partial charge on any atom is -0.365 e. The second-order valence-corrected chi connectivity index (χ2v) is 6.38. The molecule has 1 saturated carbocycles. The summed E-state index contributed by atoms with van der Waals surface area (Å²) in [5.74, 6) is 0.0946. The van der Waals surface area contributed by atoms with E-state index in [9.17, 15) is 4.79 Å². The minimum atomic E-state index is -0.261. The van der Waals surface area contributed by atoms with E-state index in [4.69, 9.17) is 4.74 Å². The summed E-state index contributed by atoms with van der Waals surface area (Å²) in [7, 11) is 0. The standard InChI is InChI=1S/C16H30N2O2.ClH/c1-3-15(20-14-7-5-4-6-8-14)16(19)18-13-9-10-17-12(2)11-13;/h12-15,17H,3-11H2,1-2H3,(H,18,19);1H. The van der Waals surface area contributed by atoms with E-state index in [2.05, 4.69) is 17.6 Å². The predicted octanol–water partition coefficient (Wildman–Crippen LogP) is 2.79. The molecule has 1 heterocycles. The monoisotopic (exact) mass is 318 g/mol. The topological polar surface area (TPSA) is 50.4 Å². The molecule has 0 radical (unpaired) electrons. The molecule has 4 nitrogen and oxygen atoms in total. The largest absolute Gasteiger partial charge is 0.365 e. The van der Waals surface area contributed by atoms with Crippen LogP contribution in [-0.2, 0) is 9.53 Å². The third kappa shape index (κ3) is 6.13. The van der Waals surface area contributed by atoms with Gasteiger partial charge in [0, 0.05) is 12.1 Å². The lowest BCUT2D eigenvalue weighted by molar-refractivity contribution is -0.139. The number of carbonyl (C=O) groups is 1. The van der Waals surface area contributed by atoms with Crippen LogP contribution in [0.2, 0.25) is 0 Å². The second kappa shape index (κ2) is 9.65. The van der Waals surface area contributed by atoms with Gasteiger partial charge >= 0.3 is 0 Å². The van der Waals surface area contributed by atoms with Gasteiger partial charge in [0.25, 0.3) is 0 Å². The lowest BCUT2D eigenvalue weighted by Crippen LogP contribution is -2.50. The predicted molar refractivity (Wildman–Crippen MR) is 87.9 cm³/mol. The zero-order valence-electron chi connectivity index (χ0n) is 13.4. The van der Waals surface area contributed by atoms with E-state index in [1.165, 1.54) is 19.3 Å². The summed E-state index contributed by atoms with van der Waals surface area (Å²) in [4.78, 5) is 12.4. The number of carbonyl (C=O) groups excluding carboxylic acids is 1. The molecule has 0 aromatic heterocycles.